The van der Waals surface area contributed by atoms with Crippen molar-refractivity contribution in [1.82, 2.24) is 4.90 Å². The van der Waals surface area contributed by atoms with Crippen LogP contribution in [0.2, 0.25) is 0 Å². The van der Waals surface area contributed by atoms with Gasteiger partial charge in [0, 0.05) is 12.1 Å². The van der Waals surface area contributed by atoms with Crippen molar-refractivity contribution in [3.05, 3.63) is 59.1 Å². The van der Waals surface area contributed by atoms with Gasteiger partial charge in [0.2, 0.25) is 0 Å². The van der Waals surface area contributed by atoms with E-state index in [0.29, 0.717) is 35.8 Å². The van der Waals surface area contributed by atoms with Crippen LogP contribution in [0, 0.1) is 6.92 Å². The van der Waals surface area contributed by atoms with Crippen molar-refractivity contribution in [2.45, 2.75) is 26.3 Å². The van der Waals surface area contributed by atoms with Crippen molar-refractivity contribution in [2.24, 2.45) is 0 Å². The van der Waals surface area contributed by atoms with Crippen LogP contribution in [0.25, 0.3) is 5.76 Å². The number of aryl methyl sites for hydroxylation is 1. The van der Waals surface area contributed by atoms with Gasteiger partial charge in [-0.1, -0.05) is 6.92 Å². The number of carbonyl (C=O) groups is 2. The Bertz CT molecular complexity index is 863. The summed E-state index contributed by atoms with van der Waals surface area (Å²) in [6.45, 7) is 4.11. The van der Waals surface area contributed by atoms with E-state index in [4.69, 9.17) is 9.15 Å². The van der Waals surface area contributed by atoms with Crippen molar-refractivity contribution in [3.63, 3.8) is 0 Å². The summed E-state index contributed by atoms with van der Waals surface area (Å²) in [7, 11) is 1.55. The minimum atomic E-state index is -0.731. The van der Waals surface area contributed by atoms with Gasteiger partial charge in [-0.25, -0.2) is 0 Å². The molecular formula is C20H21NO5. The molecule has 1 atom stereocenters. The molecule has 26 heavy (non-hydrogen) atoms. The molecule has 0 spiro atoms. The van der Waals surface area contributed by atoms with E-state index in [1.165, 1.54) is 4.90 Å². The zero-order chi connectivity index (χ0) is 18.8. The summed E-state index contributed by atoms with van der Waals surface area (Å²) >= 11 is 0. The van der Waals surface area contributed by atoms with Crippen LogP contribution in [0.3, 0.4) is 0 Å². The number of hydrogen-bond donors (Lipinski definition) is 1. The number of likely N-dealkylation sites (tertiary alicyclic amines) is 1. The van der Waals surface area contributed by atoms with Gasteiger partial charge in [0.25, 0.3) is 11.7 Å². The van der Waals surface area contributed by atoms with Crippen LogP contribution in [-0.2, 0) is 9.59 Å². The summed E-state index contributed by atoms with van der Waals surface area (Å²) in [6.07, 6.45) is 0.686. The lowest BCUT2D eigenvalue weighted by Gasteiger charge is -2.22. The predicted molar refractivity (Wildman–Crippen MR) is 95.7 cm³/mol. The molecule has 1 unspecified atom stereocenters. The van der Waals surface area contributed by atoms with Crippen molar-refractivity contribution >= 4 is 17.4 Å². The number of carbonyl (C=O) groups excluding carboxylic acids is 2. The number of aliphatic hydroxyl groups excluding tert-OH is 1. The first kappa shape index (κ1) is 17.8. The van der Waals surface area contributed by atoms with Crippen molar-refractivity contribution in [2.75, 3.05) is 13.7 Å². The van der Waals surface area contributed by atoms with Crippen molar-refractivity contribution in [3.8, 4) is 5.75 Å². The quantitative estimate of drug-likeness (QED) is 0.505. The number of ether oxygens (including phenoxy) is 1. The third-order valence-corrected chi connectivity index (χ3v) is 4.40. The lowest BCUT2D eigenvalue weighted by atomic mass is 9.99. The second-order valence-corrected chi connectivity index (χ2v) is 6.17. The van der Waals surface area contributed by atoms with Crippen LogP contribution in [0.1, 0.15) is 36.5 Å². The van der Waals surface area contributed by atoms with E-state index in [1.807, 2.05) is 6.92 Å². The van der Waals surface area contributed by atoms with E-state index in [2.05, 4.69) is 0 Å². The molecule has 0 radical (unpaired) electrons. The summed E-state index contributed by atoms with van der Waals surface area (Å²) < 4.78 is 10.8. The molecule has 0 saturated carbocycles. The third kappa shape index (κ3) is 2.98. The smallest absolute Gasteiger partial charge is 0.295 e. The average Bonchev–Trinajstić information content (AvgIpc) is 3.18. The van der Waals surface area contributed by atoms with Crippen LogP contribution in [0.15, 0.2) is 46.4 Å². The first-order chi connectivity index (χ1) is 12.5. The fourth-order valence-electron chi connectivity index (χ4n) is 3.15. The number of amides is 1. The monoisotopic (exact) mass is 355 g/mol. The van der Waals surface area contributed by atoms with Gasteiger partial charge < -0.3 is 19.2 Å². The van der Waals surface area contributed by atoms with Gasteiger partial charge in [0.15, 0.2) is 0 Å². The van der Waals surface area contributed by atoms with E-state index in [-0.39, 0.29) is 11.3 Å². The van der Waals surface area contributed by atoms with Crippen LogP contribution in [0.4, 0.5) is 0 Å². The van der Waals surface area contributed by atoms with Gasteiger partial charge in [0.1, 0.15) is 29.1 Å². The SMILES string of the molecule is CCCN1C(=O)C(=O)/C(=C(\O)c2ccc(OC)cc2)C1c1ccc(C)o1. The molecule has 1 aliphatic heterocycles. The van der Waals surface area contributed by atoms with E-state index in [1.54, 1.807) is 50.4 Å². The van der Waals surface area contributed by atoms with Gasteiger partial charge >= 0.3 is 0 Å². The van der Waals surface area contributed by atoms with Gasteiger partial charge in [-0.05, 0) is 49.7 Å². The summed E-state index contributed by atoms with van der Waals surface area (Å²) in [5, 5.41) is 10.8. The fraction of sp³-hybridized carbons (Fsp3) is 0.300. The molecule has 3 rings (SSSR count). The molecule has 136 valence electrons. The molecule has 1 aromatic carbocycles. The van der Waals surface area contributed by atoms with Crippen LogP contribution in [-0.4, -0.2) is 35.4 Å². The topological polar surface area (TPSA) is 80.0 Å². The first-order valence-corrected chi connectivity index (χ1v) is 8.47. The van der Waals surface area contributed by atoms with Crippen LogP contribution < -0.4 is 4.74 Å². The molecule has 1 N–H and O–H groups in total. The average molecular weight is 355 g/mol. The number of rotatable bonds is 5. The highest BCUT2D eigenvalue weighted by Gasteiger charge is 2.47. The normalized spacial score (nSPS) is 19.2. The first-order valence-electron chi connectivity index (χ1n) is 8.47. The summed E-state index contributed by atoms with van der Waals surface area (Å²) in [4.78, 5) is 26.6. The van der Waals surface area contributed by atoms with E-state index in [9.17, 15) is 14.7 Å². The largest absolute Gasteiger partial charge is 0.507 e. The molecule has 0 aliphatic carbocycles. The molecule has 2 heterocycles. The highest BCUT2D eigenvalue weighted by molar-refractivity contribution is 6.46. The summed E-state index contributed by atoms with van der Waals surface area (Å²) in [5.74, 6) is 0.221. The number of aliphatic hydroxyl groups is 1. The molecule has 1 aromatic heterocycles. The molecule has 1 saturated heterocycles. The molecule has 0 bridgehead atoms. The third-order valence-electron chi connectivity index (χ3n) is 4.40. The second-order valence-electron chi connectivity index (χ2n) is 6.17. The molecular weight excluding hydrogens is 334 g/mol. The van der Waals surface area contributed by atoms with E-state index >= 15 is 0 Å². The number of benzene rings is 1. The Morgan fingerprint density at radius 1 is 1.19 bits per heavy atom. The lowest BCUT2D eigenvalue weighted by Crippen LogP contribution is -2.30. The van der Waals surface area contributed by atoms with Crippen molar-refractivity contribution in [1.29, 1.82) is 0 Å². The Kier molecular flexibility index (Phi) is 4.84. The van der Waals surface area contributed by atoms with E-state index in [0.717, 1.165) is 0 Å². The minimum absolute atomic E-state index is 0.0444. The highest BCUT2D eigenvalue weighted by atomic mass is 16.5. The molecule has 1 aliphatic rings. The maximum absolute atomic E-state index is 12.6. The Balaban J connectivity index is 2.14. The van der Waals surface area contributed by atoms with Crippen molar-refractivity contribution < 1.29 is 23.8 Å². The van der Waals surface area contributed by atoms with Crippen LogP contribution in [0.5, 0.6) is 5.75 Å². The highest BCUT2D eigenvalue weighted by Crippen LogP contribution is 2.40. The predicted octanol–water partition coefficient (Wildman–Crippen LogP) is 3.43. The molecule has 6 nitrogen and oxygen atoms in total. The van der Waals surface area contributed by atoms with Gasteiger partial charge in [0.05, 0.1) is 12.7 Å². The zero-order valence-corrected chi connectivity index (χ0v) is 15.0. The Labute approximate surface area is 151 Å². The molecule has 6 heteroatoms. The summed E-state index contributed by atoms with van der Waals surface area (Å²) in [5.41, 5.74) is 0.483. The fourth-order valence-corrected chi connectivity index (χ4v) is 3.15. The minimum Gasteiger partial charge on any atom is -0.507 e. The number of Topliss-reactive ketones (excluding diaryl/α,β-unsaturated/α-hetero) is 1. The molecule has 1 amide bonds. The maximum atomic E-state index is 12.6. The number of methoxy groups -OCH3 is 1. The molecule has 1 fully saturated rings. The maximum Gasteiger partial charge on any atom is 0.295 e. The number of nitrogens with zero attached hydrogens (tertiary/aromatic N) is 1. The molecule has 2 aromatic rings. The van der Waals surface area contributed by atoms with Gasteiger partial charge in [-0.2, -0.15) is 0 Å². The second kappa shape index (κ2) is 7.07. The zero-order valence-electron chi connectivity index (χ0n) is 15.0. The summed E-state index contributed by atoms with van der Waals surface area (Å²) in [6, 6.07) is 9.43. The van der Waals surface area contributed by atoms with Crippen LogP contribution >= 0.6 is 0 Å². The van der Waals surface area contributed by atoms with E-state index < -0.39 is 17.7 Å². The lowest BCUT2D eigenvalue weighted by molar-refractivity contribution is -0.140. The Morgan fingerprint density at radius 2 is 1.88 bits per heavy atom. The number of ketones is 1. The Morgan fingerprint density at radius 3 is 2.42 bits per heavy atom. The standard InChI is InChI=1S/C20H21NO5/c1-4-11-21-17(15-10-5-12(2)26-15)16(19(23)20(21)24)18(22)13-6-8-14(25-3)9-7-13/h5-10,17,22H,4,11H2,1-3H3/b18-16-. The van der Waals surface area contributed by atoms with Gasteiger partial charge in [-0.3, -0.25) is 9.59 Å². The number of hydrogen-bond acceptors (Lipinski definition) is 5. The Hall–Kier alpha value is -3.02. The number of furan rings is 1. The van der Waals surface area contributed by atoms with Gasteiger partial charge in [-0.15, -0.1) is 0 Å².